The summed E-state index contributed by atoms with van der Waals surface area (Å²) in [6.07, 6.45) is 1.67. The number of halogens is 3. The first-order chi connectivity index (χ1) is 10.0. The van der Waals surface area contributed by atoms with Crippen LogP contribution in [0.3, 0.4) is 0 Å². The maximum atomic E-state index is 6.23. The molecular weight excluding hydrogens is 331 g/mol. The molecule has 108 valence electrons. The maximum Gasteiger partial charge on any atom is 0.159 e. The molecule has 0 unspecified atom stereocenters. The van der Waals surface area contributed by atoms with Gasteiger partial charge < -0.3 is 5.32 Å². The molecule has 3 rings (SSSR count). The van der Waals surface area contributed by atoms with Crippen molar-refractivity contribution in [3.8, 4) is 0 Å². The average Bonchev–Trinajstić information content (AvgIpc) is 2.86. The highest BCUT2D eigenvalue weighted by atomic mass is 35.5. The van der Waals surface area contributed by atoms with Crippen molar-refractivity contribution < 1.29 is 0 Å². The highest BCUT2D eigenvalue weighted by Crippen LogP contribution is 2.29. The van der Waals surface area contributed by atoms with Crippen LogP contribution >= 0.6 is 34.8 Å². The van der Waals surface area contributed by atoms with Crippen molar-refractivity contribution in [3.63, 3.8) is 0 Å². The van der Waals surface area contributed by atoms with Crippen LogP contribution in [0.1, 0.15) is 18.5 Å². The fourth-order valence-electron chi connectivity index (χ4n) is 2.14. The summed E-state index contributed by atoms with van der Waals surface area (Å²) in [6.45, 7) is 2.00. The predicted octanol–water partition coefficient (Wildman–Crippen LogP) is 4.86. The van der Waals surface area contributed by atoms with Crippen LogP contribution in [0.2, 0.25) is 15.2 Å². The molecule has 1 N–H and O–H groups in total. The Balaban J connectivity index is 1.96. The second-order valence-corrected chi connectivity index (χ2v) is 5.83. The summed E-state index contributed by atoms with van der Waals surface area (Å²) >= 11 is 18.2. The van der Waals surface area contributed by atoms with Crippen LogP contribution in [-0.2, 0) is 0 Å². The molecule has 0 aliphatic carbocycles. The minimum Gasteiger partial charge on any atom is -0.363 e. The smallest absolute Gasteiger partial charge is 0.159 e. The summed E-state index contributed by atoms with van der Waals surface area (Å²) in [5, 5.41) is 9.18. The van der Waals surface area contributed by atoms with Crippen LogP contribution in [0.5, 0.6) is 0 Å². The Bertz CT molecular complexity index is 800. The average molecular weight is 342 g/mol. The summed E-state index contributed by atoms with van der Waals surface area (Å²) in [5.41, 5.74) is 1.62. The van der Waals surface area contributed by atoms with Gasteiger partial charge in [0.2, 0.25) is 0 Å². The molecule has 1 aromatic carbocycles. The molecule has 0 bridgehead atoms. The number of fused-ring (bicyclic) bond motifs is 1. The molecule has 0 aliphatic heterocycles. The second kappa shape index (κ2) is 5.72. The van der Waals surface area contributed by atoms with E-state index in [1.165, 1.54) is 0 Å². The van der Waals surface area contributed by atoms with E-state index >= 15 is 0 Å². The number of nitrogens with zero attached hydrogens (tertiary/aromatic N) is 3. The summed E-state index contributed by atoms with van der Waals surface area (Å²) in [5.74, 6) is 0.744. The molecular formula is C14H11Cl3N4. The van der Waals surface area contributed by atoms with Gasteiger partial charge in [-0.3, -0.25) is 0 Å². The molecule has 4 nitrogen and oxygen atoms in total. The molecule has 0 fully saturated rings. The number of benzene rings is 1. The van der Waals surface area contributed by atoms with E-state index in [-0.39, 0.29) is 6.04 Å². The third-order valence-electron chi connectivity index (χ3n) is 3.12. The zero-order chi connectivity index (χ0) is 15.0. The lowest BCUT2D eigenvalue weighted by Crippen LogP contribution is -2.11. The summed E-state index contributed by atoms with van der Waals surface area (Å²) in [4.78, 5) is 4.19. The lowest BCUT2D eigenvalue weighted by atomic mass is 10.1. The quantitative estimate of drug-likeness (QED) is 0.692. The van der Waals surface area contributed by atoms with Crippen LogP contribution in [0.15, 0.2) is 36.5 Å². The Hall–Kier alpha value is -1.49. The largest absolute Gasteiger partial charge is 0.363 e. The molecule has 21 heavy (non-hydrogen) atoms. The van der Waals surface area contributed by atoms with E-state index in [1.54, 1.807) is 28.9 Å². The Morgan fingerprint density at radius 3 is 2.71 bits per heavy atom. The normalized spacial score (nSPS) is 12.6. The van der Waals surface area contributed by atoms with Gasteiger partial charge in [0.05, 0.1) is 12.2 Å². The van der Waals surface area contributed by atoms with Crippen molar-refractivity contribution >= 4 is 46.3 Å². The van der Waals surface area contributed by atoms with Gasteiger partial charge in [-0.25, -0.2) is 4.98 Å². The molecule has 0 spiro atoms. The van der Waals surface area contributed by atoms with Crippen molar-refractivity contribution in [1.29, 1.82) is 0 Å². The Labute approximate surface area is 136 Å². The molecule has 0 aliphatic rings. The topological polar surface area (TPSA) is 42.2 Å². The number of hydrogen-bond acceptors (Lipinski definition) is 3. The first-order valence-corrected chi connectivity index (χ1v) is 7.40. The second-order valence-electron chi connectivity index (χ2n) is 4.60. The van der Waals surface area contributed by atoms with E-state index in [9.17, 15) is 0 Å². The van der Waals surface area contributed by atoms with Crippen molar-refractivity contribution in [1.82, 2.24) is 14.6 Å². The SMILES string of the molecule is C[C@@H](Nc1cc(Cl)nc2ccnn12)c1ccc(Cl)cc1Cl. The summed E-state index contributed by atoms with van der Waals surface area (Å²) in [7, 11) is 0. The molecule has 1 atom stereocenters. The lowest BCUT2D eigenvalue weighted by molar-refractivity contribution is 0.841. The number of anilines is 1. The van der Waals surface area contributed by atoms with Crippen LogP contribution in [0, 0.1) is 0 Å². The number of hydrogen-bond donors (Lipinski definition) is 1. The van der Waals surface area contributed by atoms with Crippen molar-refractivity contribution in [3.05, 3.63) is 57.3 Å². The highest BCUT2D eigenvalue weighted by Gasteiger charge is 2.13. The molecule has 3 aromatic rings. The zero-order valence-corrected chi connectivity index (χ0v) is 13.3. The predicted molar refractivity (Wildman–Crippen MR) is 86.5 cm³/mol. The van der Waals surface area contributed by atoms with Crippen molar-refractivity contribution in [2.75, 3.05) is 5.32 Å². The molecule has 0 saturated heterocycles. The van der Waals surface area contributed by atoms with Gasteiger partial charge in [0.15, 0.2) is 5.65 Å². The minimum absolute atomic E-state index is 0.0411. The van der Waals surface area contributed by atoms with Crippen LogP contribution in [-0.4, -0.2) is 14.6 Å². The summed E-state index contributed by atoms with van der Waals surface area (Å²) < 4.78 is 1.69. The number of aromatic nitrogens is 3. The van der Waals surface area contributed by atoms with Gasteiger partial charge in [0.1, 0.15) is 11.0 Å². The molecule has 0 saturated carbocycles. The van der Waals surface area contributed by atoms with Gasteiger partial charge >= 0.3 is 0 Å². The van der Waals surface area contributed by atoms with Gasteiger partial charge in [-0.05, 0) is 24.6 Å². The molecule has 0 amide bonds. The van der Waals surface area contributed by atoms with E-state index in [2.05, 4.69) is 15.4 Å². The molecule has 0 radical (unpaired) electrons. The van der Waals surface area contributed by atoms with E-state index in [1.807, 2.05) is 19.1 Å². The zero-order valence-electron chi connectivity index (χ0n) is 11.0. The van der Waals surface area contributed by atoms with Crippen LogP contribution in [0.25, 0.3) is 5.65 Å². The lowest BCUT2D eigenvalue weighted by Gasteiger charge is -2.18. The minimum atomic E-state index is -0.0411. The molecule has 2 aromatic heterocycles. The Morgan fingerprint density at radius 1 is 1.14 bits per heavy atom. The van der Waals surface area contributed by atoms with Gasteiger partial charge in [-0.1, -0.05) is 40.9 Å². The van der Waals surface area contributed by atoms with E-state index in [0.717, 1.165) is 11.4 Å². The van der Waals surface area contributed by atoms with E-state index in [4.69, 9.17) is 34.8 Å². The van der Waals surface area contributed by atoms with Gasteiger partial charge in [0.25, 0.3) is 0 Å². The maximum absolute atomic E-state index is 6.23. The number of rotatable bonds is 3. The van der Waals surface area contributed by atoms with Crippen molar-refractivity contribution in [2.45, 2.75) is 13.0 Å². The summed E-state index contributed by atoms with van der Waals surface area (Å²) in [6, 6.07) is 8.90. The third kappa shape index (κ3) is 2.93. The van der Waals surface area contributed by atoms with E-state index in [0.29, 0.717) is 20.8 Å². The van der Waals surface area contributed by atoms with Crippen LogP contribution < -0.4 is 5.32 Å². The van der Waals surface area contributed by atoms with Gasteiger partial charge in [-0.2, -0.15) is 9.61 Å². The monoisotopic (exact) mass is 340 g/mol. The van der Waals surface area contributed by atoms with Crippen molar-refractivity contribution in [2.24, 2.45) is 0 Å². The first-order valence-electron chi connectivity index (χ1n) is 6.26. The first kappa shape index (κ1) is 14.4. The highest BCUT2D eigenvalue weighted by molar-refractivity contribution is 6.35. The van der Waals surface area contributed by atoms with E-state index < -0.39 is 0 Å². The standard InChI is InChI=1S/C14H11Cl3N4/c1-8(10-3-2-9(15)6-11(10)16)19-14-7-12(17)20-13-4-5-18-21(13)14/h2-8,19H,1H3/t8-/m1/s1. The Kier molecular flexibility index (Phi) is 3.93. The van der Waals surface area contributed by atoms with Gasteiger partial charge in [-0.15, -0.1) is 0 Å². The third-order valence-corrected chi connectivity index (χ3v) is 3.88. The fraction of sp³-hybridized carbons (Fsp3) is 0.143. The molecule has 2 heterocycles. The number of nitrogens with one attached hydrogen (secondary N) is 1. The Morgan fingerprint density at radius 2 is 1.95 bits per heavy atom. The van der Waals surface area contributed by atoms with Crippen LogP contribution in [0.4, 0.5) is 5.82 Å². The molecule has 7 heteroatoms. The van der Waals surface area contributed by atoms with Gasteiger partial charge in [0, 0.05) is 22.2 Å². The fourth-order valence-corrected chi connectivity index (χ4v) is 2.90.